The van der Waals surface area contributed by atoms with Crippen LogP contribution in [0, 0.1) is 13.8 Å². The van der Waals surface area contributed by atoms with Crippen LogP contribution in [0.25, 0.3) is 5.65 Å². The van der Waals surface area contributed by atoms with Gasteiger partial charge in [-0.1, -0.05) is 0 Å². The molecule has 20 heavy (non-hydrogen) atoms. The molecule has 2 aromatic heterocycles. The van der Waals surface area contributed by atoms with Gasteiger partial charge in [0.1, 0.15) is 5.56 Å². The van der Waals surface area contributed by atoms with Crippen LogP contribution in [0.2, 0.25) is 0 Å². The Bertz CT molecular complexity index is 663. The van der Waals surface area contributed by atoms with E-state index in [0.717, 1.165) is 30.8 Å². The van der Waals surface area contributed by atoms with Gasteiger partial charge in [-0.25, -0.2) is 9.50 Å². The van der Waals surface area contributed by atoms with E-state index in [1.165, 1.54) is 0 Å². The lowest BCUT2D eigenvalue weighted by molar-refractivity contribution is 0.0710. The monoisotopic (exact) mass is 273 g/mol. The zero-order chi connectivity index (χ0) is 14.3. The smallest absolute Gasteiger partial charge is 0.259 e. The Hall–Kier alpha value is -1.95. The Morgan fingerprint density at radius 3 is 3.00 bits per heavy atom. The molecule has 3 heterocycles. The number of aryl methyl sites for hydroxylation is 2. The van der Waals surface area contributed by atoms with Gasteiger partial charge in [0.2, 0.25) is 0 Å². The number of carbonyl (C=O) groups excluding carboxylic acids is 1. The van der Waals surface area contributed by atoms with Crippen LogP contribution in [0.3, 0.4) is 0 Å². The van der Waals surface area contributed by atoms with E-state index in [1.54, 1.807) is 10.7 Å². The van der Waals surface area contributed by atoms with Crippen molar-refractivity contribution in [3.8, 4) is 0 Å². The van der Waals surface area contributed by atoms with Crippen molar-refractivity contribution in [1.29, 1.82) is 0 Å². The van der Waals surface area contributed by atoms with E-state index in [2.05, 4.69) is 10.1 Å². The van der Waals surface area contributed by atoms with Crippen LogP contribution in [0.5, 0.6) is 0 Å². The fourth-order valence-electron chi connectivity index (χ4n) is 2.79. The van der Waals surface area contributed by atoms with Crippen LogP contribution in [-0.2, 0) is 0 Å². The van der Waals surface area contributed by atoms with Crippen LogP contribution >= 0.6 is 0 Å². The highest BCUT2D eigenvalue weighted by Crippen LogP contribution is 2.17. The van der Waals surface area contributed by atoms with Gasteiger partial charge < -0.3 is 10.6 Å². The third kappa shape index (κ3) is 2.16. The van der Waals surface area contributed by atoms with Gasteiger partial charge in [0.05, 0.1) is 6.20 Å². The Balaban J connectivity index is 1.99. The fourth-order valence-corrected chi connectivity index (χ4v) is 2.79. The number of nitrogens with zero attached hydrogens (tertiary/aromatic N) is 4. The lowest BCUT2D eigenvalue weighted by atomic mass is 10.1. The Morgan fingerprint density at radius 1 is 1.45 bits per heavy atom. The number of amides is 1. The molecule has 1 aliphatic heterocycles. The number of hydrogen-bond acceptors (Lipinski definition) is 4. The van der Waals surface area contributed by atoms with Crippen molar-refractivity contribution in [2.45, 2.75) is 32.7 Å². The summed E-state index contributed by atoms with van der Waals surface area (Å²) in [7, 11) is 0. The maximum absolute atomic E-state index is 12.6. The Morgan fingerprint density at radius 2 is 2.25 bits per heavy atom. The summed E-state index contributed by atoms with van der Waals surface area (Å²) < 4.78 is 1.71. The lowest BCUT2D eigenvalue weighted by Crippen LogP contribution is -2.45. The summed E-state index contributed by atoms with van der Waals surface area (Å²) in [6.07, 6.45) is 3.55. The first kappa shape index (κ1) is 13.1. The van der Waals surface area contributed by atoms with E-state index < -0.39 is 0 Å². The van der Waals surface area contributed by atoms with E-state index >= 15 is 0 Å². The molecule has 0 aliphatic carbocycles. The zero-order valence-corrected chi connectivity index (χ0v) is 11.8. The average molecular weight is 273 g/mol. The van der Waals surface area contributed by atoms with E-state index in [9.17, 15) is 4.79 Å². The first-order valence-electron chi connectivity index (χ1n) is 6.93. The summed E-state index contributed by atoms with van der Waals surface area (Å²) in [6.45, 7) is 5.25. The van der Waals surface area contributed by atoms with E-state index in [-0.39, 0.29) is 11.9 Å². The van der Waals surface area contributed by atoms with Crippen molar-refractivity contribution in [3.63, 3.8) is 0 Å². The second kappa shape index (κ2) is 4.86. The highest BCUT2D eigenvalue weighted by molar-refractivity contribution is 5.99. The third-order valence-electron chi connectivity index (χ3n) is 3.75. The first-order valence-corrected chi connectivity index (χ1v) is 6.93. The SMILES string of the molecule is Cc1cc(C)n2ncc(C(=O)N3CCCC(N)C3)c2n1. The summed E-state index contributed by atoms with van der Waals surface area (Å²) in [4.78, 5) is 18.9. The summed E-state index contributed by atoms with van der Waals surface area (Å²) in [5.74, 6) is -0.0207. The van der Waals surface area contributed by atoms with Gasteiger partial charge in [-0.05, 0) is 32.8 Å². The van der Waals surface area contributed by atoms with Crippen molar-refractivity contribution in [2.75, 3.05) is 13.1 Å². The molecule has 0 aromatic carbocycles. The van der Waals surface area contributed by atoms with Gasteiger partial charge in [0.15, 0.2) is 5.65 Å². The average Bonchev–Trinajstić information content (AvgIpc) is 2.81. The standard InChI is InChI=1S/C14H19N5O/c1-9-6-10(2)19-13(17-9)12(7-16-19)14(20)18-5-3-4-11(15)8-18/h6-7,11H,3-5,8,15H2,1-2H3. The van der Waals surface area contributed by atoms with Crippen molar-refractivity contribution in [2.24, 2.45) is 5.73 Å². The minimum atomic E-state index is -0.0207. The molecule has 1 fully saturated rings. The van der Waals surface area contributed by atoms with E-state index in [0.29, 0.717) is 17.8 Å². The van der Waals surface area contributed by atoms with E-state index in [1.807, 2.05) is 24.8 Å². The van der Waals surface area contributed by atoms with Crippen LogP contribution in [0.15, 0.2) is 12.3 Å². The molecule has 2 aromatic rings. The van der Waals surface area contributed by atoms with Gasteiger partial charge in [-0.3, -0.25) is 4.79 Å². The van der Waals surface area contributed by atoms with Gasteiger partial charge in [-0.15, -0.1) is 0 Å². The number of likely N-dealkylation sites (tertiary alicyclic amines) is 1. The van der Waals surface area contributed by atoms with Gasteiger partial charge >= 0.3 is 0 Å². The quantitative estimate of drug-likeness (QED) is 0.838. The molecule has 0 radical (unpaired) electrons. The molecular formula is C14H19N5O. The summed E-state index contributed by atoms with van der Waals surface area (Å²) in [5.41, 5.74) is 9.00. The molecule has 1 amide bonds. The van der Waals surface area contributed by atoms with Gasteiger partial charge in [-0.2, -0.15) is 5.10 Å². The van der Waals surface area contributed by atoms with Gasteiger partial charge in [0.25, 0.3) is 5.91 Å². The normalized spacial score (nSPS) is 19.6. The number of aromatic nitrogens is 3. The summed E-state index contributed by atoms with van der Waals surface area (Å²) >= 11 is 0. The highest BCUT2D eigenvalue weighted by Gasteiger charge is 2.25. The summed E-state index contributed by atoms with van der Waals surface area (Å²) in [6, 6.07) is 2.02. The van der Waals surface area contributed by atoms with Crippen LogP contribution in [-0.4, -0.2) is 44.5 Å². The van der Waals surface area contributed by atoms with Crippen molar-refractivity contribution in [3.05, 3.63) is 29.2 Å². The number of piperidine rings is 1. The largest absolute Gasteiger partial charge is 0.337 e. The predicted molar refractivity (Wildman–Crippen MR) is 75.6 cm³/mol. The van der Waals surface area contributed by atoms with Crippen LogP contribution in [0.1, 0.15) is 34.6 Å². The minimum Gasteiger partial charge on any atom is -0.337 e. The molecule has 0 saturated carbocycles. The third-order valence-corrected chi connectivity index (χ3v) is 3.75. The molecule has 6 heteroatoms. The number of hydrogen-bond donors (Lipinski definition) is 1. The van der Waals surface area contributed by atoms with E-state index in [4.69, 9.17) is 5.73 Å². The molecule has 0 spiro atoms. The fraction of sp³-hybridized carbons (Fsp3) is 0.500. The second-order valence-electron chi connectivity index (χ2n) is 5.49. The molecule has 3 rings (SSSR count). The maximum atomic E-state index is 12.6. The molecule has 106 valence electrons. The number of rotatable bonds is 1. The maximum Gasteiger partial charge on any atom is 0.259 e. The van der Waals surface area contributed by atoms with Crippen LogP contribution < -0.4 is 5.73 Å². The molecule has 1 atom stereocenters. The zero-order valence-electron chi connectivity index (χ0n) is 11.8. The number of nitrogens with two attached hydrogens (primary N) is 1. The molecule has 1 aliphatic rings. The molecule has 0 bridgehead atoms. The first-order chi connectivity index (χ1) is 9.56. The molecule has 6 nitrogen and oxygen atoms in total. The summed E-state index contributed by atoms with van der Waals surface area (Å²) in [5, 5.41) is 4.27. The minimum absolute atomic E-state index is 0.0207. The number of fused-ring (bicyclic) bond motifs is 1. The molecular weight excluding hydrogens is 254 g/mol. The highest BCUT2D eigenvalue weighted by atomic mass is 16.2. The molecule has 1 unspecified atom stereocenters. The topological polar surface area (TPSA) is 76.5 Å². The van der Waals surface area contributed by atoms with Crippen molar-refractivity contribution < 1.29 is 4.79 Å². The molecule has 1 saturated heterocycles. The van der Waals surface area contributed by atoms with Gasteiger partial charge in [0, 0.05) is 30.5 Å². The van der Waals surface area contributed by atoms with Crippen molar-refractivity contribution in [1.82, 2.24) is 19.5 Å². The van der Waals surface area contributed by atoms with Crippen LogP contribution in [0.4, 0.5) is 0 Å². The van der Waals surface area contributed by atoms with Crippen molar-refractivity contribution >= 4 is 11.6 Å². The predicted octanol–water partition coefficient (Wildman–Crippen LogP) is 0.909. The Labute approximate surface area is 117 Å². The number of carbonyl (C=O) groups is 1. The second-order valence-corrected chi connectivity index (χ2v) is 5.49. The lowest BCUT2D eigenvalue weighted by Gasteiger charge is -2.30. The molecule has 2 N–H and O–H groups in total. The Kier molecular flexibility index (Phi) is 3.17.